The van der Waals surface area contributed by atoms with Gasteiger partial charge in [0.1, 0.15) is 11.5 Å². The van der Waals surface area contributed by atoms with E-state index in [9.17, 15) is 4.79 Å². The molecule has 0 unspecified atom stereocenters. The van der Waals surface area contributed by atoms with Gasteiger partial charge in [0.25, 0.3) is 5.91 Å². The smallest absolute Gasteiger partial charge is 0.251 e. The van der Waals surface area contributed by atoms with Crippen LogP contribution in [0.1, 0.15) is 22.3 Å². The lowest BCUT2D eigenvalue weighted by Gasteiger charge is -2.17. The van der Waals surface area contributed by atoms with Crippen molar-refractivity contribution >= 4 is 16.7 Å². The van der Waals surface area contributed by atoms with Gasteiger partial charge in [-0.3, -0.25) is 9.69 Å². The average Bonchev–Trinajstić information content (AvgIpc) is 3.19. The molecule has 5 heteroatoms. The number of benzene rings is 3. The molecule has 1 N–H and O–H groups in total. The number of rotatable bonds is 6. The molecule has 1 amide bonds. The summed E-state index contributed by atoms with van der Waals surface area (Å²) in [5.41, 5.74) is 1.85. The molecule has 1 aliphatic heterocycles. The van der Waals surface area contributed by atoms with Gasteiger partial charge in [0, 0.05) is 37.3 Å². The summed E-state index contributed by atoms with van der Waals surface area (Å²) >= 11 is 0. The van der Waals surface area contributed by atoms with Gasteiger partial charge < -0.3 is 14.8 Å². The van der Waals surface area contributed by atoms with E-state index in [2.05, 4.69) is 52.7 Å². The fourth-order valence-corrected chi connectivity index (χ4v) is 3.90. The van der Waals surface area contributed by atoms with E-state index in [1.165, 1.54) is 16.3 Å². The average molecular weight is 390 g/mol. The summed E-state index contributed by atoms with van der Waals surface area (Å²) in [6.45, 7) is 2.71. The Bertz CT molecular complexity index is 996. The first kappa shape index (κ1) is 19.3. The molecule has 0 bridgehead atoms. The molecule has 1 aliphatic rings. The predicted molar refractivity (Wildman–Crippen MR) is 115 cm³/mol. The molecular formula is C24H26N2O3. The van der Waals surface area contributed by atoms with Gasteiger partial charge in [-0.25, -0.2) is 0 Å². The molecule has 0 aliphatic carbocycles. The largest absolute Gasteiger partial charge is 0.497 e. The third kappa shape index (κ3) is 4.51. The fourth-order valence-electron chi connectivity index (χ4n) is 3.90. The summed E-state index contributed by atoms with van der Waals surface area (Å²) in [5.74, 6) is 1.12. The highest BCUT2D eigenvalue weighted by Crippen LogP contribution is 2.23. The number of carbonyl (C=O) groups excluding carboxylic acids is 1. The fraction of sp³-hybridized carbons (Fsp3) is 0.292. The van der Waals surface area contributed by atoms with E-state index in [1.54, 1.807) is 32.4 Å². The van der Waals surface area contributed by atoms with Crippen LogP contribution in [0.2, 0.25) is 0 Å². The first-order valence-corrected chi connectivity index (χ1v) is 9.88. The maximum atomic E-state index is 12.7. The molecule has 0 radical (unpaired) electrons. The number of hydrogen-bond acceptors (Lipinski definition) is 4. The lowest BCUT2D eigenvalue weighted by atomic mass is 10.1. The van der Waals surface area contributed by atoms with Crippen molar-refractivity contribution in [3.63, 3.8) is 0 Å². The summed E-state index contributed by atoms with van der Waals surface area (Å²) in [4.78, 5) is 15.1. The van der Waals surface area contributed by atoms with E-state index >= 15 is 0 Å². The quantitative estimate of drug-likeness (QED) is 0.694. The van der Waals surface area contributed by atoms with Crippen LogP contribution in [0, 0.1) is 0 Å². The number of nitrogens with zero attached hydrogens (tertiary/aromatic N) is 1. The maximum Gasteiger partial charge on any atom is 0.251 e. The van der Waals surface area contributed by atoms with Gasteiger partial charge in [-0.2, -0.15) is 0 Å². The van der Waals surface area contributed by atoms with Gasteiger partial charge in [0.15, 0.2) is 0 Å². The number of hydrogen-bond donors (Lipinski definition) is 1. The van der Waals surface area contributed by atoms with Crippen molar-refractivity contribution in [3.05, 3.63) is 71.8 Å². The molecule has 0 aromatic heterocycles. The van der Waals surface area contributed by atoms with Crippen LogP contribution in [-0.4, -0.2) is 44.2 Å². The van der Waals surface area contributed by atoms with Crippen molar-refractivity contribution in [3.8, 4) is 11.5 Å². The number of nitrogens with one attached hydrogen (secondary N) is 1. The molecule has 1 fully saturated rings. The molecular weight excluding hydrogens is 364 g/mol. The van der Waals surface area contributed by atoms with Gasteiger partial charge in [-0.15, -0.1) is 0 Å². The first-order chi connectivity index (χ1) is 14.1. The summed E-state index contributed by atoms with van der Waals surface area (Å²) in [6, 6.07) is 20.4. The third-order valence-corrected chi connectivity index (χ3v) is 5.44. The Labute approximate surface area is 171 Å². The highest BCUT2D eigenvalue weighted by atomic mass is 16.5. The van der Waals surface area contributed by atoms with E-state index in [-0.39, 0.29) is 11.9 Å². The van der Waals surface area contributed by atoms with Crippen molar-refractivity contribution < 1.29 is 14.3 Å². The zero-order chi connectivity index (χ0) is 20.2. The first-order valence-electron chi connectivity index (χ1n) is 9.88. The minimum absolute atomic E-state index is 0.0974. The van der Waals surface area contributed by atoms with E-state index in [0.717, 1.165) is 26.1 Å². The van der Waals surface area contributed by atoms with E-state index < -0.39 is 0 Å². The Morgan fingerprint density at radius 2 is 1.72 bits per heavy atom. The topological polar surface area (TPSA) is 50.8 Å². The lowest BCUT2D eigenvalue weighted by molar-refractivity contribution is 0.0937. The zero-order valence-corrected chi connectivity index (χ0v) is 16.9. The SMILES string of the molecule is COc1cc(OC)cc(C(=O)N[C@H]2CCN(Cc3ccc4ccccc4c3)C2)c1. The minimum Gasteiger partial charge on any atom is -0.497 e. The number of ether oxygens (including phenoxy) is 2. The summed E-state index contributed by atoms with van der Waals surface area (Å²) in [6.07, 6.45) is 0.945. The molecule has 5 nitrogen and oxygen atoms in total. The van der Waals surface area contributed by atoms with Gasteiger partial charge >= 0.3 is 0 Å². The number of carbonyl (C=O) groups is 1. The van der Waals surface area contributed by atoms with Crippen LogP contribution in [0.3, 0.4) is 0 Å². The predicted octanol–water partition coefficient (Wildman–Crippen LogP) is 3.86. The third-order valence-electron chi connectivity index (χ3n) is 5.44. The summed E-state index contributed by atoms with van der Waals surface area (Å²) in [5, 5.41) is 5.68. The van der Waals surface area contributed by atoms with Gasteiger partial charge in [0.2, 0.25) is 0 Å². The van der Waals surface area contributed by atoms with Gasteiger partial charge in [0.05, 0.1) is 14.2 Å². The van der Waals surface area contributed by atoms with Crippen molar-refractivity contribution in [1.82, 2.24) is 10.2 Å². The monoisotopic (exact) mass is 390 g/mol. The number of amides is 1. The molecule has 4 rings (SSSR count). The summed E-state index contributed by atoms with van der Waals surface area (Å²) < 4.78 is 10.5. The van der Waals surface area contributed by atoms with E-state index in [0.29, 0.717) is 17.1 Å². The van der Waals surface area contributed by atoms with E-state index in [1.807, 2.05) is 0 Å². The Kier molecular flexibility index (Phi) is 5.67. The Balaban J connectivity index is 1.37. The van der Waals surface area contributed by atoms with Gasteiger partial charge in [-0.05, 0) is 41.0 Å². The van der Waals surface area contributed by atoms with Crippen LogP contribution in [0.4, 0.5) is 0 Å². The highest BCUT2D eigenvalue weighted by molar-refractivity contribution is 5.95. The molecule has 3 aromatic carbocycles. The second kappa shape index (κ2) is 8.53. The van der Waals surface area contributed by atoms with Gasteiger partial charge in [-0.1, -0.05) is 36.4 Å². The normalized spacial score (nSPS) is 16.7. The molecule has 0 spiro atoms. The maximum absolute atomic E-state index is 12.7. The molecule has 0 saturated carbocycles. The van der Waals surface area contributed by atoms with Crippen LogP contribution in [0.25, 0.3) is 10.8 Å². The molecule has 29 heavy (non-hydrogen) atoms. The number of methoxy groups -OCH3 is 2. The highest BCUT2D eigenvalue weighted by Gasteiger charge is 2.24. The molecule has 1 saturated heterocycles. The van der Waals surface area contributed by atoms with Crippen LogP contribution < -0.4 is 14.8 Å². The van der Waals surface area contributed by atoms with Crippen LogP contribution in [0.5, 0.6) is 11.5 Å². The van der Waals surface area contributed by atoms with E-state index in [4.69, 9.17) is 9.47 Å². The number of fused-ring (bicyclic) bond motifs is 1. The number of likely N-dealkylation sites (tertiary alicyclic amines) is 1. The molecule has 150 valence electrons. The minimum atomic E-state index is -0.0974. The summed E-state index contributed by atoms with van der Waals surface area (Å²) in [7, 11) is 3.16. The van der Waals surface area contributed by atoms with Crippen LogP contribution in [0.15, 0.2) is 60.7 Å². The molecule has 3 aromatic rings. The second-order valence-electron chi connectivity index (χ2n) is 7.48. The Morgan fingerprint density at radius 1 is 1.00 bits per heavy atom. The zero-order valence-electron chi connectivity index (χ0n) is 16.9. The Hall–Kier alpha value is -3.05. The second-order valence-corrected chi connectivity index (χ2v) is 7.48. The van der Waals surface area contributed by atoms with Crippen molar-refractivity contribution in [2.75, 3.05) is 27.3 Å². The standard InChI is InChI=1S/C24H26N2O3/c1-28-22-12-20(13-23(14-22)29-2)24(27)25-21-9-10-26(16-21)15-17-7-8-18-5-3-4-6-19(18)11-17/h3-8,11-14,21H,9-10,15-16H2,1-2H3,(H,25,27)/t21-/m0/s1. The van der Waals surface area contributed by atoms with Crippen molar-refractivity contribution in [1.29, 1.82) is 0 Å². The molecule has 1 atom stereocenters. The van der Waals surface area contributed by atoms with Crippen molar-refractivity contribution in [2.45, 2.75) is 19.0 Å². The Morgan fingerprint density at radius 3 is 2.45 bits per heavy atom. The molecule has 1 heterocycles. The van der Waals surface area contributed by atoms with Crippen LogP contribution in [-0.2, 0) is 6.54 Å². The lowest BCUT2D eigenvalue weighted by Crippen LogP contribution is -2.37. The van der Waals surface area contributed by atoms with Crippen LogP contribution >= 0.6 is 0 Å². The van der Waals surface area contributed by atoms with Crippen molar-refractivity contribution in [2.24, 2.45) is 0 Å².